The summed E-state index contributed by atoms with van der Waals surface area (Å²) in [5.74, 6) is 0.740. The first-order chi connectivity index (χ1) is 9.52. The third-order valence-electron chi connectivity index (χ3n) is 3.40. The molecule has 1 heterocycles. The SMILES string of the molecule is COc1ccc(CO[C@@H]2[C@@H](O)[C@H](O)O[C@H](C)[C@@H]2O)cc1. The van der Waals surface area contributed by atoms with Crippen molar-refractivity contribution in [2.75, 3.05) is 7.11 Å². The second kappa shape index (κ2) is 6.51. The molecule has 1 aromatic rings. The Bertz CT molecular complexity index is 406. The predicted octanol–water partition coefficient (Wildman–Crippen LogP) is 0.0393. The molecule has 112 valence electrons. The molecule has 2 rings (SSSR count). The molecule has 0 spiro atoms. The van der Waals surface area contributed by atoms with Crippen molar-refractivity contribution < 1.29 is 29.5 Å². The van der Waals surface area contributed by atoms with Crippen molar-refractivity contribution in [1.82, 2.24) is 0 Å². The number of ether oxygens (including phenoxy) is 3. The van der Waals surface area contributed by atoms with Gasteiger partial charge in [0.2, 0.25) is 0 Å². The van der Waals surface area contributed by atoms with Crippen LogP contribution in [0.25, 0.3) is 0 Å². The van der Waals surface area contributed by atoms with Crippen LogP contribution in [0.15, 0.2) is 24.3 Å². The molecule has 6 nitrogen and oxygen atoms in total. The zero-order valence-electron chi connectivity index (χ0n) is 11.5. The van der Waals surface area contributed by atoms with Gasteiger partial charge in [-0.15, -0.1) is 0 Å². The average molecular weight is 284 g/mol. The Hall–Kier alpha value is -1.18. The first-order valence-electron chi connectivity index (χ1n) is 6.47. The van der Waals surface area contributed by atoms with Crippen LogP contribution in [-0.4, -0.2) is 53.1 Å². The molecule has 0 aromatic heterocycles. The minimum Gasteiger partial charge on any atom is -0.497 e. The molecule has 1 aliphatic rings. The van der Waals surface area contributed by atoms with E-state index in [-0.39, 0.29) is 6.61 Å². The summed E-state index contributed by atoms with van der Waals surface area (Å²) < 4.78 is 15.6. The summed E-state index contributed by atoms with van der Waals surface area (Å²) in [5.41, 5.74) is 0.874. The van der Waals surface area contributed by atoms with Crippen LogP contribution in [0.3, 0.4) is 0 Å². The molecule has 0 radical (unpaired) electrons. The van der Waals surface area contributed by atoms with Gasteiger partial charge in [-0.2, -0.15) is 0 Å². The number of rotatable bonds is 4. The number of hydrogen-bond acceptors (Lipinski definition) is 6. The van der Waals surface area contributed by atoms with Gasteiger partial charge in [0.1, 0.15) is 24.1 Å². The van der Waals surface area contributed by atoms with Crippen LogP contribution in [0.1, 0.15) is 12.5 Å². The van der Waals surface area contributed by atoms with Gasteiger partial charge in [0.05, 0.1) is 19.8 Å². The molecule has 0 bridgehead atoms. The van der Waals surface area contributed by atoms with Gasteiger partial charge in [0, 0.05) is 0 Å². The van der Waals surface area contributed by atoms with Crippen LogP contribution in [-0.2, 0) is 16.1 Å². The van der Waals surface area contributed by atoms with Crippen molar-refractivity contribution in [3.63, 3.8) is 0 Å². The van der Waals surface area contributed by atoms with Gasteiger partial charge in [-0.3, -0.25) is 0 Å². The van der Waals surface area contributed by atoms with E-state index in [4.69, 9.17) is 14.2 Å². The van der Waals surface area contributed by atoms with Gasteiger partial charge in [0.15, 0.2) is 6.29 Å². The van der Waals surface area contributed by atoms with Gasteiger partial charge in [0.25, 0.3) is 0 Å². The fourth-order valence-electron chi connectivity index (χ4n) is 2.12. The highest BCUT2D eigenvalue weighted by Crippen LogP contribution is 2.23. The van der Waals surface area contributed by atoms with Gasteiger partial charge in [-0.25, -0.2) is 0 Å². The zero-order chi connectivity index (χ0) is 14.7. The molecule has 0 amide bonds. The Balaban J connectivity index is 1.97. The molecule has 1 fully saturated rings. The topological polar surface area (TPSA) is 88.4 Å². The Morgan fingerprint density at radius 2 is 1.75 bits per heavy atom. The summed E-state index contributed by atoms with van der Waals surface area (Å²) >= 11 is 0. The largest absolute Gasteiger partial charge is 0.497 e. The molecule has 1 aliphatic heterocycles. The lowest BCUT2D eigenvalue weighted by atomic mass is 10.00. The number of hydrogen-bond donors (Lipinski definition) is 3. The van der Waals surface area contributed by atoms with Gasteiger partial charge in [-0.05, 0) is 24.6 Å². The summed E-state index contributed by atoms with van der Waals surface area (Å²) in [6.07, 6.45) is -5.12. The monoisotopic (exact) mass is 284 g/mol. The van der Waals surface area contributed by atoms with Gasteiger partial charge in [-0.1, -0.05) is 12.1 Å². The molecular weight excluding hydrogens is 264 g/mol. The lowest BCUT2D eigenvalue weighted by molar-refractivity contribution is -0.287. The van der Waals surface area contributed by atoms with E-state index in [0.29, 0.717) is 0 Å². The quantitative estimate of drug-likeness (QED) is 0.723. The first-order valence-corrected chi connectivity index (χ1v) is 6.47. The molecule has 6 heteroatoms. The maximum absolute atomic E-state index is 9.94. The Morgan fingerprint density at radius 1 is 1.10 bits per heavy atom. The van der Waals surface area contributed by atoms with Crippen LogP contribution in [0.4, 0.5) is 0 Å². The minimum atomic E-state index is -1.35. The van der Waals surface area contributed by atoms with E-state index in [2.05, 4.69) is 0 Å². The zero-order valence-corrected chi connectivity index (χ0v) is 11.5. The lowest BCUT2D eigenvalue weighted by Crippen LogP contribution is -2.57. The smallest absolute Gasteiger partial charge is 0.183 e. The molecule has 1 aromatic carbocycles. The number of benzene rings is 1. The Morgan fingerprint density at radius 3 is 2.35 bits per heavy atom. The number of methoxy groups -OCH3 is 1. The fraction of sp³-hybridized carbons (Fsp3) is 0.571. The summed E-state index contributed by atoms with van der Waals surface area (Å²) in [7, 11) is 1.59. The van der Waals surface area contributed by atoms with E-state index in [9.17, 15) is 15.3 Å². The second-order valence-electron chi connectivity index (χ2n) is 4.84. The Labute approximate surface area is 117 Å². The molecule has 5 atom stereocenters. The van der Waals surface area contributed by atoms with Crippen molar-refractivity contribution in [3.05, 3.63) is 29.8 Å². The summed E-state index contributed by atoms with van der Waals surface area (Å²) in [5, 5.41) is 29.3. The Kier molecular flexibility index (Phi) is 4.95. The van der Waals surface area contributed by atoms with Crippen molar-refractivity contribution in [1.29, 1.82) is 0 Å². The highest BCUT2D eigenvalue weighted by Gasteiger charge is 2.42. The number of aliphatic hydroxyl groups is 3. The summed E-state index contributed by atoms with van der Waals surface area (Å²) in [6.45, 7) is 1.83. The molecule has 1 saturated heterocycles. The van der Waals surface area contributed by atoms with Crippen molar-refractivity contribution in [2.45, 2.75) is 44.2 Å². The molecular formula is C14H20O6. The molecule has 0 aliphatic carbocycles. The summed E-state index contributed by atoms with van der Waals surface area (Å²) in [6, 6.07) is 7.26. The van der Waals surface area contributed by atoms with E-state index in [0.717, 1.165) is 11.3 Å². The summed E-state index contributed by atoms with van der Waals surface area (Å²) in [4.78, 5) is 0. The number of aliphatic hydroxyl groups excluding tert-OH is 3. The van der Waals surface area contributed by atoms with Crippen LogP contribution < -0.4 is 4.74 Å². The van der Waals surface area contributed by atoms with Crippen LogP contribution in [0.5, 0.6) is 5.75 Å². The van der Waals surface area contributed by atoms with E-state index in [1.807, 2.05) is 12.1 Å². The van der Waals surface area contributed by atoms with Crippen molar-refractivity contribution >= 4 is 0 Å². The normalized spacial score (nSPS) is 34.0. The lowest BCUT2D eigenvalue weighted by Gasteiger charge is -2.39. The van der Waals surface area contributed by atoms with Crippen LogP contribution in [0.2, 0.25) is 0 Å². The molecule has 3 N–H and O–H groups in total. The minimum absolute atomic E-state index is 0.211. The van der Waals surface area contributed by atoms with Gasteiger partial charge >= 0.3 is 0 Å². The van der Waals surface area contributed by atoms with E-state index >= 15 is 0 Å². The first kappa shape index (κ1) is 15.2. The molecule has 0 saturated carbocycles. The molecule has 0 unspecified atom stereocenters. The fourth-order valence-corrected chi connectivity index (χ4v) is 2.12. The van der Waals surface area contributed by atoms with Crippen molar-refractivity contribution in [3.8, 4) is 5.75 Å². The highest BCUT2D eigenvalue weighted by molar-refractivity contribution is 5.26. The third-order valence-corrected chi connectivity index (χ3v) is 3.40. The van der Waals surface area contributed by atoms with Crippen molar-refractivity contribution in [2.24, 2.45) is 0 Å². The van der Waals surface area contributed by atoms with E-state index < -0.39 is 30.7 Å². The maximum Gasteiger partial charge on any atom is 0.183 e. The van der Waals surface area contributed by atoms with E-state index in [1.165, 1.54) is 0 Å². The second-order valence-corrected chi connectivity index (χ2v) is 4.84. The van der Waals surface area contributed by atoms with Gasteiger partial charge < -0.3 is 29.5 Å². The molecule has 20 heavy (non-hydrogen) atoms. The maximum atomic E-state index is 9.94. The standard InChI is InChI=1S/C14H20O6/c1-8-11(15)13(12(16)14(17)20-8)19-7-9-3-5-10(18-2)6-4-9/h3-6,8,11-17H,7H2,1-2H3/t8-,11+,12-,13+,14-/m1/s1. The average Bonchev–Trinajstić information content (AvgIpc) is 2.46. The highest BCUT2D eigenvalue weighted by atomic mass is 16.6. The predicted molar refractivity (Wildman–Crippen MR) is 70.1 cm³/mol. The third kappa shape index (κ3) is 3.28. The van der Waals surface area contributed by atoms with Crippen LogP contribution in [0, 0.1) is 0 Å². The van der Waals surface area contributed by atoms with E-state index in [1.54, 1.807) is 26.2 Å². The van der Waals surface area contributed by atoms with Crippen LogP contribution >= 0.6 is 0 Å².